The lowest BCUT2D eigenvalue weighted by atomic mass is 9.89. The SMILES string of the molecule is CC(C(=O)NCC1CCCCC1)N(C)Cc1ccc2c(c1)OCO2. The van der Waals surface area contributed by atoms with Crippen molar-refractivity contribution in [1.82, 2.24) is 10.2 Å². The summed E-state index contributed by atoms with van der Waals surface area (Å²) in [5.41, 5.74) is 1.12. The molecule has 1 N–H and O–H groups in total. The molecule has 1 aromatic rings. The standard InChI is InChI=1S/C19H28N2O3/c1-14(19(22)20-11-15-6-4-3-5-7-15)21(2)12-16-8-9-17-18(10-16)24-13-23-17/h8-10,14-15H,3-7,11-13H2,1-2H3,(H,20,22). The maximum absolute atomic E-state index is 12.4. The van der Waals surface area contributed by atoms with Gasteiger partial charge in [0.05, 0.1) is 6.04 Å². The van der Waals surface area contributed by atoms with E-state index in [1.54, 1.807) is 0 Å². The molecule has 0 bridgehead atoms. The lowest BCUT2D eigenvalue weighted by molar-refractivity contribution is -0.125. The lowest BCUT2D eigenvalue weighted by Crippen LogP contribution is -2.44. The van der Waals surface area contributed by atoms with Crippen LogP contribution < -0.4 is 14.8 Å². The molecule has 3 rings (SSSR count). The van der Waals surface area contributed by atoms with Crippen LogP contribution in [0.4, 0.5) is 0 Å². The summed E-state index contributed by atoms with van der Waals surface area (Å²) < 4.78 is 10.7. The van der Waals surface area contributed by atoms with E-state index in [0.717, 1.165) is 23.6 Å². The Balaban J connectivity index is 1.48. The van der Waals surface area contributed by atoms with Gasteiger partial charge in [0.2, 0.25) is 12.7 Å². The number of nitrogens with one attached hydrogen (secondary N) is 1. The number of benzene rings is 1. The van der Waals surface area contributed by atoms with Crippen LogP contribution in [0.3, 0.4) is 0 Å². The van der Waals surface area contributed by atoms with Crippen molar-refractivity contribution in [2.45, 2.75) is 51.6 Å². The van der Waals surface area contributed by atoms with Crippen LogP contribution in [0.1, 0.15) is 44.6 Å². The van der Waals surface area contributed by atoms with Gasteiger partial charge in [-0.3, -0.25) is 9.69 Å². The van der Waals surface area contributed by atoms with Crippen molar-refractivity contribution in [3.05, 3.63) is 23.8 Å². The molecule has 1 fully saturated rings. The molecule has 5 heteroatoms. The van der Waals surface area contributed by atoms with E-state index in [-0.39, 0.29) is 18.7 Å². The van der Waals surface area contributed by atoms with Crippen LogP contribution in [0.5, 0.6) is 11.5 Å². The number of hydrogen-bond acceptors (Lipinski definition) is 4. The van der Waals surface area contributed by atoms with E-state index >= 15 is 0 Å². The van der Waals surface area contributed by atoms with Crippen LogP contribution in [0.2, 0.25) is 0 Å². The first-order valence-electron chi connectivity index (χ1n) is 9.00. The Bertz CT molecular complexity index is 570. The van der Waals surface area contributed by atoms with Crippen LogP contribution >= 0.6 is 0 Å². The second-order valence-electron chi connectivity index (χ2n) is 7.03. The van der Waals surface area contributed by atoms with Crippen molar-refractivity contribution in [2.75, 3.05) is 20.4 Å². The van der Waals surface area contributed by atoms with E-state index in [2.05, 4.69) is 10.2 Å². The highest BCUT2D eigenvalue weighted by Gasteiger charge is 2.21. The molecule has 5 nitrogen and oxygen atoms in total. The molecule has 1 unspecified atom stereocenters. The summed E-state index contributed by atoms with van der Waals surface area (Å²) in [6, 6.07) is 5.79. The van der Waals surface area contributed by atoms with E-state index in [1.807, 2.05) is 32.2 Å². The third-order valence-corrected chi connectivity index (χ3v) is 5.20. The minimum Gasteiger partial charge on any atom is -0.454 e. The molecule has 0 aromatic heterocycles. The third-order valence-electron chi connectivity index (χ3n) is 5.20. The fourth-order valence-electron chi connectivity index (χ4n) is 3.45. The first-order valence-corrected chi connectivity index (χ1v) is 9.00. The van der Waals surface area contributed by atoms with Gasteiger partial charge < -0.3 is 14.8 Å². The normalized spacial score (nSPS) is 18.6. The van der Waals surface area contributed by atoms with Crippen LogP contribution in [0.15, 0.2) is 18.2 Å². The molecule has 1 aromatic carbocycles. The Morgan fingerprint density at radius 1 is 1.25 bits per heavy atom. The second-order valence-corrected chi connectivity index (χ2v) is 7.03. The summed E-state index contributed by atoms with van der Waals surface area (Å²) in [5, 5.41) is 3.14. The zero-order valence-electron chi connectivity index (χ0n) is 14.7. The molecule has 2 aliphatic rings. The average Bonchev–Trinajstić information content (AvgIpc) is 3.07. The van der Waals surface area contributed by atoms with E-state index in [4.69, 9.17) is 9.47 Å². The minimum atomic E-state index is -0.154. The first-order chi connectivity index (χ1) is 11.6. The first kappa shape index (κ1) is 17.1. The number of fused-ring (bicyclic) bond motifs is 1. The summed E-state index contributed by atoms with van der Waals surface area (Å²) in [4.78, 5) is 14.5. The largest absolute Gasteiger partial charge is 0.454 e. The van der Waals surface area contributed by atoms with Gasteiger partial charge in [0, 0.05) is 13.1 Å². The number of rotatable bonds is 6. The van der Waals surface area contributed by atoms with Crippen molar-refractivity contribution in [3.63, 3.8) is 0 Å². The van der Waals surface area contributed by atoms with Gasteiger partial charge in [0.25, 0.3) is 0 Å². The molecule has 1 aliphatic heterocycles. The van der Waals surface area contributed by atoms with Gasteiger partial charge in [0.15, 0.2) is 11.5 Å². The monoisotopic (exact) mass is 332 g/mol. The van der Waals surface area contributed by atoms with Crippen LogP contribution in [-0.4, -0.2) is 37.2 Å². The zero-order chi connectivity index (χ0) is 16.9. The molecule has 1 heterocycles. The van der Waals surface area contributed by atoms with Gasteiger partial charge in [-0.2, -0.15) is 0 Å². The van der Waals surface area contributed by atoms with Gasteiger partial charge in [-0.25, -0.2) is 0 Å². The maximum atomic E-state index is 12.4. The minimum absolute atomic E-state index is 0.115. The Morgan fingerprint density at radius 2 is 2.00 bits per heavy atom. The molecule has 1 atom stereocenters. The molecule has 1 saturated carbocycles. The van der Waals surface area contributed by atoms with E-state index in [0.29, 0.717) is 12.5 Å². The second kappa shape index (κ2) is 7.88. The topological polar surface area (TPSA) is 50.8 Å². The molecule has 1 aliphatic carbocycles. The molecular formula is C19H28N2O3. The van der Waals surface area contributed by atoms with E-state index in [1.165, 1.54) is 32.1 Å². The van der Waals surface area contributed by atoms with Crippen molar-refractivity contribution in [2.24, 2.45) is 5.92 Å². The summed E-state index contributed by atoms with van der Waals surface area (Å²) in [7, 11) is 1.98. The number of nitrogens with zero attached hydrogens (tertiary/aromatic N) is 1. The quantitative estimate of drug-likeness (QED) is 0.870. The van der Waals surface area contributed by atoms with E-state index in [9.17, 15) is 4.79 Å². The zero-order valence-corrected chi connectivity index (χ0v) is 14.7. The number of carbonyl (C=O) groups is 1. The maximum Gasteiger partial charge on any atom is 0.237 e. The summed E-state index contributed by atoms with van der Waals surface area (Å²) >= 11 is 0. The van der Waals surface area contributed by atoms with Gasteiger partial charge in [0.1, 0.15) is 0 Å². The van der Waals surface area contributed by atoms with Gasteiger partial charge in [-0.05, 0) is 50.4 Å². The molecule has 0 spiro atoms. The third kappa shape index (κ3) is 4.20. The predicted molar refractivity (Wildman–Crippen MR) is 93.1 cm³/mol. The Kier molecular flexibility index (Phi) is 5.61. The van der Waals surface area contributed by atoms with Crippen molar-refractivity contribution < 1.29 is 14.3 Å². The van der Waals surface area contributed by atoms with Gasteiger partial charge in [-0.15, -0.1) is 0 Å². The van der Waals surface area contributed by atoms with Gasteiger partial charge in [-0.1, -0.05) is 25.3 Å². The molecule has 132 valence electrons. The Hall–Kier alpha value is -1.75. The smallest absolute Gasteiger partial charge is 0.237 e. The van der Waals surface area contributed by atoms with Crippen LogP contribution in [0.25, 0.3) is 0 Å². The summed E-state index contributed by atoms with van der Waals surface area (Å²) in [6.07, 6.45) is 6.46. The summed E-state index contributed by atoms with van der Waals surface area (Å²) in [6.45, 7) is 3.77. The molecular weight excluding hydrogens is 304 g/mol. The number of carbonyl (C=O) groups excluding carboxylic acids is 1. The molecule has 0 saturated heterocycles. The molecule has 0 radical (unpaired) electrons. The number of ether oxygens (including phenoxy) is 2. The predicted octanol–water partition coefficient (Wildman–Crippen LogP) is 2.93. The van der Waals surface area contributed by atoms with Crippen molar-refractivity contribution in [1.29, 1.82) is 0 Å². The van der Waals surface area contributed by atoms with Crippen molar-refractivity contribution in [3.8, 4) is 11.5 Å². The van der Waals surface area contributed by atoms with E-state index < -0.39 is 0 Å². The number of amides is 1. The average molecular weight is 332 g/mol. The fraction of sp³-hybridized carbons (Fsp3) is 0.632. The highest BCUT2D eigenvalue weighted by Crippen LogP contribution is 2.32. The molecule has 1 amide bonds. The highest BCUT2D eigenvalue weighted by molar-refractivity contribution is 5.81. The highest BCUT2D eigenvalue weighted by atomic mass is 16.7. The van der Waals surface area contributed by atoms with Crippen LogP contribution in [0, 0.1) is 5.92 Å². The summed E-state index contributed by atoms with van der Waals surface area (Å²) in [5.74, 6) is 2.35. The van der Waals surface area contributed by atoms with Gasteiger partial charge >= 0.3 is 0 Å². The number of likely N-dealkylation sites (N-methyl/N-ethyl adjacent to an activating group) is 1. The van der Waals surface area contributed by atoms with Crippen molar-refractivity contribution >= 4 is 5.91 Å². The number of hydrogen-bond donors (Lipinski definition) is 1. The Morgan fingerprint density at radius 3 is 2.79 bits per heavy atom. The molecule has 24 heavy (non-hydrogen) atoms. The fourth-order valence-corrected chi connectivity index (χ4v) is 3.45. The van der Waals surface area contributed by atoms with Crippen LogP contribution in [-0.2, 0) is 11.3 Å². The lowest BCUT2D eigenvalue weighted by Gasteiger charge is -2.26. The Labute approximate surface area is 144 Å².